The summed E-state index contributed by atoms with van der Waals surface area (Å²) < 4.78 is 5.34. The van der Waals surface area contributed by atoms with Crippen LogP contribution in [0.15, 0.2) is 30.3 Å². The third kappa shape index (κ3) is 10.7. The second-order valence-electron chi connectivity index (χ2n) is 6.65. The van der Waals surface area contributed by atoms with Gasteiger partial charge >= 0.3 is 12.1 Å². The van der Waals surface area contributed by atoms with E-state index >= 15 is 0 Å². The Morgan fingerprint density at radius 3 is 2.15 bits per heavy atom. The molecule has 0 fully saturated rings. The lowest BCUT2D eigenvalue weighted by Gasteiger charge is -2.21. The van der Waals surface area contributed by atoms with Crippen molar-refractivity contribution in [2.75, 3.05) is 13.1 Å². The Morgan fingerprint density at radius 1 is 0.923 bits per heavy atom. The third-order valence-corrected chi connectivity index (χ3v) is 4.34. The van der Waals surface area contributed by atoms with E-state index in [4.69, 9.17) is 9.84 Å². The van der Waals surface area contributed by atoms with Crippen molar-refractivity contribution in [2.45, 2.75) is 71.3 Å². The summed E-state index contributed by atoms with van der Waals surface area (Å²) in [5, 5.41) is 8.89. The fourth-order valence-electron chi connectivity index (χ4n) is 2.77. The number of ether oxygens (including phenoxy) is 1. The van der Waals surface area contributed by atoms with Crippen molar-refractivity contribution >= 4 is 12.1 Å². The van der Waals surface area contributed by atoms with Crippen LogP contribution in [-0.2, 0) is 16.1 Å². The van der Waals surface area contributed by atoms with E-state index < -0.39 is 12.1 Å². The van der Waals surface area contributed by atoms with Crippen molar-refractivity contribution in [3.05, 3.63) is 35.9 Å². The molecule has 1 aromatic carbocycles. The quantitative estimate of drug-likeness (QED) is 0.459. The zero-order chi connectivity index (χ0) is 19.0. The highest BCUT2D eigenvalue weighted by atomic mass is 16.6. The Balaban J connectivity index is 2.30. The van der Waals surface area contributed by atoms with Gasteiger partial charge in [0, 0.05) is 13.1 Å². The van der Waals surface area contributed by atoms with E-state index in [1.54, 1.807) is 0 Å². The number of carboxylic acids is 1. The summed E-state index contributed by atoms with van der Waals surface area (Å²) in [5.74, 6) is -0.901. The fourth-order valence-corrected chi connectivity index (χ4v) is 2.77. The van der Waals surface area contributed by atoms with Crippen LogP contribution in [-0.4, -0.2) is 35.2 Å². The molecule has 0 unspecified atom stereocenters. The highest BCUT2D eigenvalue weighted by Gasteiger charge is 2.16. The van der Waals surface area contributed by atoms with E-state index in [0.717, 1.165) is 24.8 Å². The smallest absolute Gasteiger partial charge is 0.410 e. The second-order valence-corrected chi connectivity index (χ2v) is 6.65. The van der Waals surface area contributed by atoms with Gasteiger partial charge in [0.15, 0.2) is 0 Å². The van der Waals surface area contributed by atoms with E-state index in [-0.39, 0.29) is 19.6 Å². The Kier molecular flexibility index (Phi) is 12.0. The van der Waals surface area contributed by atoms with Crippen LogP contribution in [0.4, 0.5) is 4.79 Å². The standard InChI is InChI=1S/C21H33NO4/c1-2-3-4-5-6-7-8-12-16-22(17-15-20(23)24)21(25)26-18-19-13-10-9-11-14-19/h9-11,13-14H,2-8,12,15-18H2,1H3,(H,23,24). The number of benzene rings is 1. The van der Waals surface area contributed by atoms with Gasteiger partial charge in [-0.25, -0.2) is 4.79 Å². The summed E-state index contributed by atoms with van der Waals surface area (Å²) in [6.45, 7) is 3.17. The summed E-state index contributed by atoms with van der Waals surface area (Å²) in [6.07, 6.45) is 8.97. The van der Waals surface area contributed by atoms with Crippen LogP contribution in [0.3, 0.4) is 0 Å². The average Bonchev–Trinajstić information content (AvgIpc) is 2.65. The molecule has 5 heteroatoms. The van der Waals surface area contributed by atoms with E-state index in [0.29, 0.717) is 6.54 Å². The molecule has 0 aliphatic heterocycles. The van der Waals surface area contributed by atoms with Crippen LogP contribution in [0.1, 0.15) is 70.3 Å². The van der Waals surface area contributed by atoms with Crippen LogP contribution >= 0.6 is 0 Å². The van der Waals surface area contributed by atoms with E-state index in [1.165, 1.54) is 37.0 Å². The molecule has 26 heavy (non-hydrogen) atoms. The molecule has 1 aromatic rings. The summed E-state index contributed by atoms with van der Waals surface area (Å²) >= 11 is 0. The van der Waals surface area contributed by atoms with Crippen LogP contribution in [0.25, 0.3) is 0 Å². The molecule has 146 valence electrons. The van der Waals surface area contributed by atoms with Gasteiger partial charge in [0.05, 0.1) is 6.42 Å². The molecule has 0 bridgehead atoms. The molecular weight excluding hydrogens is 330 g/mol. The number of hydrogen-bond acceptors (Lipinski definition) is 3. The van der Waals surface area contributed by atoms with Crippen molar-refractivity contribution in [2.24, 2.45) is 0 Å². The summed E-state index contributed by atoms with van der Waals surface area (Å²) in [5.41, 5.74) is 0.922. The third-order valence-electron chi connectivity index (χ3n) is 4.34. The Bertz CT molecular complexity index is 504. The van der Waals surface area contributed by atoms with Crippen molar-refractivity contribution in [1.29, 1.82) is 0 Å². The maximum Gasteiger partial charge on any atom is 0.410 e. The molecule has 1 N–H and O–H groups in total. The minimum Gasteiger partial charge on any atom is -0.481 e. The van der Waals surface area contributed by atoms with Crippen LogP contribution in [0, 0.1) is 0 Å². The number of amides is 1. The largest absolute Gasteiger partial charge is 0.481 e. The first-order valence-electron chi connectivity index (χ1n) is 9.81. The minimum absolute atomic E-state index is 0.0581. The maximum atomic E-state index is 12.3. The predicted octanol–water partition coefficient (Wildman–Crippen LogP) is 5.24. The van der Waals surface area contributed by atoms with Gasteiger partial charge in [0.2, 0.25) is 0 Å². The zero-order valence-corrected chi connectivity index (χ0v) is 16.0. The van der Waals surface area contributed by atoms with Crippen molar-refractivity contribution in [3.8, 4) is 0 Å². The summed E-state index contributed by atoms with van der Waals surface area (Å²) in [4.78, 5) is 24.6. The van der Waals surface area contributed by atoms with Gasteiger partial charge in [-0.15, -0.1) is 0 Å². The molecule has 0 aliphatic rings. The van der Waals surface area contributed by atoms with Gasteiger partial charge in [0.25, 0.3) is 0 Å². The fraction of sp³-hybridized carbons (Fsp3) is 0.619. The van der Waals surface area contributed by atoms with Gasteiger partial charge in [-0.3, -0.25) is 4.79 Å². The predicted molar refractivity (Wildman–Crippen MR) is 103 cm³/mol. The van der Waals surface area contributed by atoms with Gasteiger partial charge < -0.3 is 14.7 Å². The number of carbonyl (C=O) groups excluding carboxylic acids is 1. The molecule has 0 saturated heterocycles. The lowest BCUT2D eigenvalue weighted by atomic mass is 10.1. The first kappa shape index (κ1) is 22.0. The number of hydrogen-bond donors (Lipinski definition) is 1. The minimum atomic E-state index is -0.901. The lowest BCUT2D eigenvalue weighted by molar-refractivity contribution is -0.137. The normalized spacial score (nSPS) is 10.5. The van der Waals surface area contributed by atoms with Crippen LogP contribution in [0.5, 0.6) is 0 Å². The molecule has 0 aromatic heterocycles. The molecule has 0 radical (unpaired) electrons. The zero-order valence-electron chi connectivity index (χ0n) is 16.0. The SMILES string of the molecule is CCCCCCCCCCN(CCC(=O)O)C(=O)OCc1ccccc1. The first-order valence-corrected chi connectivity index (χ1v) is 9.81. The second kappa shape index (κ2) is 14.2. The molecule has 0 saturated carbocycles. The molecule has 0 spiro atoms. The lowest BCUT2D eigenvalue weighted by Crippen LogP contribution is -2.34. The van der Waals surface area contributed by atoms with E-state index in [2.05, 4.69) is 6.92 Å². The number of carboxylic acid groups (broad SMARTS) is 1. The number of unbranched alkanes of at least 4 members (excludes halogenated alkanes) is 7. The first-order chi connectivity index (χ1) is 12.6. The van der Waals surface area contributed by atoms with Gasteiger partial charge in [-0.2, -0.15) is 0 Å². The van der Waals surface area contributed by atoms with Crippen LogP contribution in [0.2, 0.25) is 0 Å². The number of rotatable bonds is 14. The molecule has 0 heterocycles. The topological polar surface area (TPSA) is 66.8 Å². The van der Waals surface area contributed by atoms with E-state index in [9.17, 15) is 9.59 Å². The van der Waals surface area contributed by atoms with Gasteiger partial charge in [0.1, 0.15) is 6.61 Å². The average molecular weight is 363 g/mol. The maximum absolute atomic E-state index is 12.3. The van der Waals surface area contributed by atoms with Crippen molar-refractivity contribution in [1.82, 2.24) is 4.90 Å². The Labute approximate surface area is 157 Å². The van der Waals surface area contributed by atoms with Crippen LogP contribution < -0.4 is 0 Å². The molecular formula is C21H33NO4. The molecule has 1 rings (SSSR count). The Morgan fingerprint density at radius 2 is 1.54 bits per heavy atom. The van der Waals surface area contributed by atoms with E-state index in [1.807, 2.05) is 30.3 Å². The molecule has 5 nitrogen and oxygen atoms in total. The van der Waals surface area contributed by atoms with Crippen molar-refractivity contribution < 1.29 is 19.4 Å². The van der Waals surface area contributed by atoms with Crippen molar-refractivity contribution in [3.63, 3.8) is 0 Å². The number of aliphatic carboxylic acids is 1. The highest BCUT2D eigenvalue weighted by Crippen LogP contribution is 2.10. The highest BCUT2D eigenvalue weighted by molar-refractivity contribution is 5.70. The molecule has 0 atom stereocenters. The molecule has 0 aliphatic carbocycles. The molecule has 1 amide bonds. The number of nitrogens with zero attached hydrogens (tertiary/aromatic N) is 1. The monoisotopic (exact) mass is 363 g/mol. The summed E-state index contributed by atoms with van der Waals surface area (Å²) in [7, 11) is 0. The van der Waals surface area contributed by atoms with Gasteiger partial charge in [-0.1, -0.05) is 82.2 Å². The number of carbonyl (C=O) groups is 2. The van der Waals surface area contributed by atoms with Gasteiger partial charge in [-0.05, 0) is 12.0 Å². The summed E-state index contributed by atoms with van der Waals surface area (Å²) in [6, 6.07) is 9.49. The Hall–Kier alpha value is -2.04.